The van der Waals surface area contributed by atoms with Crippen LogP contribution in [0.5, 0.6) is 0 Å². The van der Waals surface area contributed by atoms with Gasteiger partial charge in [-0.25, -0.2) is 0 Å². The molecule has 1 atom stereocenters. The lowest BCUT2D eigenvalue weighted by molar-refractivity contribution is -0.129. The molecule has 8 nitrogen and oxygen atoms in total. The van der Waals surface area contributed by atoms with E-state index in [4.69, 9.17) is 9.31 Å². The number of aliphatic hydroxyl groups excluding tert-OH is 1. The van der Waals surface area contributed by atoms with Gasteiger partial charge in [0.05, 0.1) is 31.2 Å². The van der Waals surface area contributed by atoms with Gasteiger partial charge in [-0.15, -0.1) is 0 Å². The molecule has 9 heteroatoms. The molecule has 194 valence electrons. The maximum absolute atomic E-state index is 14.2. The van der Waals surface area contributed by atoms with Gasteiger partial charge in [-0.3, -0.25) is 19.4 Å². The van der Waals surface area contributed by atoms with Crippen LogP contribution in [0.15, 0.2) is 18.2 Å². The number of nitrogens with zero attached hydrogens (tertiary/aromatic N) is 3. The molecule has 5 aliphatic rings. The summed E-state index contributed by atoms with van der Waals surface area (Å²) >= 11 is 0. The Morgan fingerprint density at radius 1 is 1.11 bits per heavy atom. The smallest absolute Gasteiger partial charge is 0.405 e. The van der Waals surface area contributed by atoms with Gasteiger partial charge in [0.25, 0.3) is 0 Å². The molecule has 1 amide bonds. The van der Waals surface area contributed by atoms with Crippen LogP contribution in [0.4, 0.5) is 5.69 Å². The third kappa shape index (κ3) is 4.23. The van der Waals surface area contributed by atoms with E-state index in [2.05, 4.69) is 32.9 Å². The Morgan fingerprint density at radius 2 is 1.81 bits per heavy atom. The summed E-state index contributed by atoms with van der Waals surface area (Å²) in [5.41, 5.74) is 2.58. The van der Waals surface area contributed by atoms with E-state index in [-0.39, 0.29) is 31.4 Å². The summed E-state index contributed by atoms with van der Waals surface area (Å²) in [5, 5.41) is 9.63. The first-order valence-corrected chi connectivity index (χ1v) is 13.8. The van der Waals surface area contributed by atoms with E-state index in [9.17, 15) is 14.7 Å². The van der Waals surface area contributed by atoms with Crippen molar-refractivity contribution in [2.75, 3.05) is 50.8 Å². The molecule has 1 aromatic carbocycles. The zero-order chi connectivity index (χ0) is 24.9. The van der Waals surface area contributed by atoms with Crippen molar-refractivity contribution in [3.05, 3.63) is 23.8 Å². The number of ketones is 1. The number of Topliss-reactive ketones (excluding diaryl/α,β-unsaturated/α-hetero) is 1. The minimum absolute atomic E-state index is 0.163. The molecule has 4 aliphatic heterocycles. The van der Waals surface area contributed by atoms with E-state index in [1.165, 1.54) is 39.0 Å². The highest BCUT2D eigenvalue weighted by Crippen LogP contribution is 2.49. The lowest BCUT2D eigenvalue weighted by Gasteiger charge is -2.49. The minimum atomic E-state index is -0.950. The van der Waals surface area contributed by atoms with Crippen LogP contribution < -0.4 is 10.4 Å². The number of likely N-dealkylation sites (tertiary alicyclic amines) is 2. The van der Waals surface area contributed by atoms with Crippen molar-refractivity contribution in [1.29, 1.82) is 0 Å². The Balaban J connectivity index is 1.24. The monoisotopic (exact) mass is 495 g/mol. The molecule has 0 radical (unpaired) electrons. The van der Waals surface area contributed by atoms with E-state index in [1.807, 2.05) is 0 Å². The topological polar surface area (TPSA) is 82.6 Å². The van der Waals surface area contributed by atoms with Crippen LogP contribution in [-0.2, 0) is 24.3 Å². The normalized spacial score (nSPS) is 26.4. The predicted octanol–water partition coefficient (Wildman–Crippen LogP) is 1.08. The number of carbonyl (C=O) groups excluding carboxylic acids is 2. The average molecular weight is 495 g/mol. The van der Waals surface area contributed by atoms with Crippen molar-refractivity contribution >= 4 is 30.0 Å². The summed E-state index contributed by atoms with van der Waals surface area (Å²) in [4.78, 5) is 33.1. The first kappa shape index (κ1) is 24.6. The Bertz CT molecular complexity index is 993. The molecular formula is C27H38BN3O5. The molecule has 1 aliphatic carbocycles. The summed E-state index contributed by atoms with van der Waals surface area (Å²) in [6.07, 6.45) is 6.98. The van der Waals surface area contributed by atoms with Gasteiger partial charge in [0, 0.05) is 24.8 Å². The number of rotatable bonds is 6. The van der Waals surface area contributed by atoms with E-state index >= 15 is 0 Å². The lowest BCUT2D eigenvalue weighted by atomic mass is 9.72. The molecule has 4 heterocycles. The fraction of sp³-hybridized carbons (Fsp3) is 0.704. The summed E-state index contributed by atoms with van der Waals surface area (Å²) in [6, 6.07) is 7.19. The second-order valence-electron chi connectivity index (χ2n) is 11.4. The molecule has 6 rings (SSSR count). The van der Waals surface area contributed by atoms with Crippen molar-refractivity contribution < 1.29 is 24.0 Å². The van der Waals surface area contributed by atoms with E-state index in [1.54, 1.807) is 0 Å². The molecule has 1 aromatic rings. The number of anilines is 1. The standard InChI is InChI=1S/C27H38BN3O5/c1-19(32)25(33)18-29-11-9-27(10-12-29)23-8-7-20(28-35-13-14-36-28)15-24(23)31(26(27)34)22-16-30(17-22)21-5-3-2-4-6-21/h7-8,15,19,21-22,32H,2-6,9-14,16-18H2,1H3/t19-/m1/s1. The van der Waals surface area contributed by atoms with Crippen LogP contribution in [0.1, 0.15) is 57.4 Å². The molecule has 36 heavy (non-hydrogen) atoms. The molecular weight excluding hydrogens is 457 g/mol. The molecule has 0 unspecified atom stereocenters. The van der Waals surface area contributed by atoms with E-state index < -0.39 is 11.5 Å². The highest BCUT2D eigenvalue weighted by atomic mass is 16.6. The third-order valence-electron chi connectivity index (χ3n) is 9.22. The van der Waals surface area contributed by atoms with E-state index in [0.717, 1.165) is 29.8 Å². The Kier molecular flexibility index (Phi) is 6.71. The number of carbonyl (C=O) groups is 2. The van der Waals surface area contributed by atoms with Crippen LogP contribution in [0.2, 0.25) is 0 Å². The second-order valence-corrected chi connectivity index (χ2v) is 11.4. The van der Waals surface area contributed by atoms with Crippen LogP contribution in [0, 0.1) is 0 Å². The van der Waals surface area contributed by atoms with Crippen molar-refractivity contribution in [3.63, 3.8) is 0 Å². The van der Waals surface area contributed by atoms with Crippen LogP contribution in [0.3, 0.4) is 0 Å². The zero-order valence-electron chi connectivity index (χ0n) is 21.4. The number of hydrogen-bond acceptors (Lipinski definition) is 7. The lowest BCUT2D eigenvalue weighted by Crippen LogP contribution is -2.64. The number of fused-ring (bicyclic) bond motifs is 2. The third-order valence-corrected chi connectivity index (χ3v) is 9.22. The highest BCUT2D eigenvalue weighted by Gasteiger charge is 2.55. The number of amides is 1. The predicted molar refractivity (Wildman–Crippen MR) is 137 cm³/mol. The quantitative estimate of drug-likeness (QED) is 0.592. The number of hydrogen-bond donors (Lipinski definition) is 1. The number of benzene rings is 1. The molecule has 1 saturated carbocycles. The number of aliphatic hydroxyl groups is 1. The van der Waals surface area contributed by atoms with Crippen LogP contribution >= 0.6 is 0 Å². The van der Waals surface area contributed by atoms with Gasteiger partial charge < -0.3 is 19.3 Å². The van der Waals surface area contributed by atoms with Crippen molar-refractivity contribution in [2.45, 2.75) is 75.5 Å². The zero-order valence-corrected chi connectivity index (χ0v) is 21.4. The average Bonchev–Trinajstić information content (AvgIpc) is 3.48. The Labute approximate surface area is 214 Å². The highest BCUT2D eigenvalue weighted by molar-refractivity contribution is 6.61. The number of piperidine rings is 1. The maximum atomic E-state index is 14.2. The van der Waals surface area contributed by atoms with Crippen LogP contribution in [-0.4, -0.2) is 97.8 Å². The van der Waals surface area contributed by atoms with Gasteiger partial charge in [-0.05, 0) is 62.8 Å². The van der Waals surface area contributed by atoms with Gasteiger partial charge in [-0.2, -0.15) is 0 Å². The molecule has 1 N–H and O–H groups in total. The summed E-state index contributed by atoms with van der Waals surface area (Å²) in [6.45, 7) is 6.19. The second kappa shape index (κ2) is 9.84. The molecule has 4 fully saturated rings. The largest absolute Gasteiger partial charge is 0.494 e. The summed E-state index contributed by atoms with van der Waals surface area (Å²) < 4.78 is 11.5. The van der Waals surface area contributed by atoms with Crippen molar-refractivity contribution in [1.82, 2.24) is 9.80 Å². The molecule has 3 saturated heterocycles. The molecule has 1 spiro atoms. The fourth-order valence-corrected chi connectivity index (χ4v) is 6.99. The molecule has 0 aromatic heterocycles. The van der Waals surface area contributed by atoms with Crippen LogP contribution in [0.25, 0.3) is 0 Å². The first-order chi connectivity index (χ1) is 17.5. The van der Waals surface area contributed by atoms with Crippen molar-refractivity contribution in [3.8, 4) is 0 Å². The maximum Gasteiger partial charge on any atom is 0.494 e. The first-order valence-electron chi connectivity index (χ1n) is 13.8. The van der Waals surface area contributed by atoms with Gasteiger partial charge in [0.15, 0.2) is 5.78 Å². The Morgan fingerprint density at radius 3 is 2.47 bits per heavy atom. The van der Waals surface area contributed by atoms with Crippen molar-refractivity contribution in [2.24, 2.45) is 0 Å². The SMILES string of the molecule is C[C@@H](O)C(=O)CN1CCC2(CC1)C(=O)N(C1CN(C3CCCCC3)C1)c1cc(B3OCCO3)ccc12. The van der Waals surface area contributed by atoms with Gasteiger partial charge in [0.1, 0.15) is 6.10 Å². The fourth-order valence-electron chi connectivity index (χ4n) is 6.99. The molecule has 0 bridgehead atoms. The Hall–Kier alpha value is -1.78. The summed E-state index contributed by atoms with van der Waals surface area (Å²) in [5.74, 6) is 0.0573. The van der Waals surface area contributed by atoms with E-state index in [0.29, 0.717) is 45.2 Å². The minimum Gasteiger partial charge on any atom is -0.405 e. The van der Waals surface area contributed by atoms with Gasteiger partial charge in [-0.1, -0.05) is 31.4 Å². The van der Waals surface area contributed by atoms with Gasteiger partial charge >= 0.3 is 7.12 Å². The van der Waals surface area contributed by atoms with Gasteiger partial charge in [0.2, 0.25) is 5.91 Å². The summed E-state index contributed by atoms with van der Waals surface area (Å²) in [7, 11) is -0.364.